The molecule has 3 aromatic rings. The Labute approximate surface area is 149 Å². The topological polar surface area (TPSA) is 85.8 Å². The van der Waals surface area contributed by atoms with Crippen LogP contribution in [0.3, 0.4) is 0 Å². The van der Waals surface area contributed by atoms with E-state index >= 15 is 0 Å². The molecule has 8 heteroatoms. The fourth-order valence-electron chi connectivity index (χ4n) is 2.29. The van der Waals surface area contributed by atoms with Gasteiger partial charge in [0.2, 0.25) is 11.8 Å². The molecule has 3 rings (SSSR count). The lowest BCUT2D eigenvalue weighted by molar-refractivity contribution is -0.113. The van der Waals surface area contributed by atoms with Gasteiger partial charge < -0.3 is 9.73 Å². The van der Waals surface area contributed by atoms with Gasteiger partial charge in [-0.2, -0.15) is 5.10 Å². The normalized spacial score (nSPS) is 11.0. The highest BCUT2D eigenvalue weighted by Gasteiger charge is 2.13. The third-order valence-electron chi connectivity index (χ3n) is 3.43. The first kappa shape index (κ1) is 17.2. The second kappa shape index (κ2) is 7.52. The molecule has 0 aliphatic carbocycles. The lowest BCUT2D eigenvalue weighted by Crippen LogP contribution is -2.18. The van der Waals surface area contributed by atoms with Gasteiger partial charge >= 0.3 is 0 Å². The predicted molar refractivity (Wildman–Crippen MR) is 96.4 cm³/mol. The third kappa shape index (κ3) is 4.27. The molecule has 7 nitrogen and oxygen atoms in total. The number of benzene rings is 1. The highest BCUT2D eigenvalue weighted by Crippen LogP contribution is 2.24. The molecule has 25 heavy (non-hydrogen) atoms. The number of thioether (sulfide) groups is 1. The summed E-state index contributed by atoms with van der Waals surface area (Å²) in [6.45, 7) is 6.01. The van der Waals surface area contributed by atoms with Gasteiger partial charge in [0.1, 0.15) is 5.82 Å². The Kier molecular flexibility index (Phi) is 5.18. The maximum Gasteiger partial charge on any atom is 0.277 e. The van der Waals surface area contributed by atoms with Gasteiger partial charge in [0.15, 0.2) is 0 Å². The molecule has 0 atom stereocenters. The molecule has 0 bridgehead atoms. The van der Waals surface area contributed by atoms with Crippen molar-refractivity contribution in [3.05, 3.63) is 42.1 Å². The summed E-state index contributed by atoms with van der Waals surface area (Å²) < 4.78 is 7.37. The molecule has 0 saturated carbocycles. The van der Waals surface area contributed by atoms with Crippen molar-refractivity contribution in [3.63, 3.8) is 0 Å². The van der Waals surface area contributed by atoms with Crippen LogP contribution in [-0.4, -0.2) is 31.6 Å². The standard InChI is InChI=1S/C17H19N5O2S/c1-11(2)22-14(7-8-18-22)19-15(23)10-25-17-21-20-16(24-17)13-6-4-5-12(3)9-13/h4-9,11H,10H2,1-3H3,(H,19,23). The number of aromatic nitrogens is 4. The van der Waals surface area contributed by atoms with Crippen LogP contribution in [0.15, 0.2) is 46.2 Å². The molecule has 0 radical (unpaired) electrons. The van der Waals surface area contributed by atoms with Crippen LogP contribution >= 0.6 is 11.8 Å². The van der Waals surface area contributed by atoms with Gasteiger partial charge in [-0.15, -0.1) is 10.2 Å². The number of hydrogen-bond donors (Lipinski definition) is 1. The number of amides is 1. The maximum atomic E-state index is 12.1. The molecule has 0 saturated heterocycles. The molecule has 0 aliphatic rings. The van der Waals surface area contributed by atoms with Gasteiger partial charge in [-0.25, -0.2) is 4.68 Å². The smallest absolute Gasteiger partial charge is 0.277 e. The number of nitrogens with zero attached hydrogens (tertiary/aromatic N) is 4. The predicted octanol–water partition coefficient (Wildman–Crippen LogP) is 3.55. The van der Waals surface area contributed by atoms with Gasteiger partial charge in [0, 0.05) is 17.7 Å². The Morgan fingerprint density at radius 2 is 2.16 bits per heavy atom. The second-order valence-corrected chi connectivity index (χ2v) is 6.76. The average Bonchev–Trinajstić information content (AvgIpc) is 3.22. The SMILES string of the molecule is Cc1cccc(-c2nnc(SCC(=O)Nc3ccnn3C(C)C)o2)c1. The van der Waals surface area contributed by atoms with E-state index in [1.807, 2.05) is 45.0 Å². The van der Waals surface area contributed by atoms with Crippen LogP contribution in [0, 0.1) is 6.92 Å². The number of aryl methyl sites for hydroxylation is 1. The molecule has 2 aromatic heterocycles. The maximum absolute atomic E-state index is 12.1. The van der Waals surface area contributed by atoms with E-state index in [4.69, 9.17) is 4.42 Å². The van der Waals surface area contributed by atoms with Gasteiger partial charge in [0.05, 0.1) is 11.9 Å². The van der Waals surface area contributed by atoms with Crippen LogP contribution in [0.25, 0.3) is 11.5 Å². The van der Waals surface area contributed by atoms with E-state index < -0.39 is 0 Å². The van der Waals surface area contributed by atoms with Crippen molar-refractivity contribution in [2.75, 3.05) is 11.1 Å². The fourth-order valence-corrected chi connectivity index (χ4v) is 2.86. The van der Waals surface area contributed by atoms with Gasteiger partial charge in [-0.3, -0.25) is 4.79 Å². The zero-order valence-electron chi connectivity index (χ0n) is 14.3. The van der Waals surface area contributed by atoms with Gasteiger partial charge in [-0.1, -0.05) is 29.5 Å². The highest BCUT2D eigenvalue weighted by molar-refractivity contribution is 7.99. The molecule has 1 amide bonds. The van der Waals surface area contributed by atoms with E-state index in [1.54, 1.807) is 16.9 Å². The quantitative estimate of drug-likeness (QED) is 0.679. The number of anilines is 1. The molecule has 2 heterocycles. The van der Waals surface area contributed by atoms with E-state index in [9.17, 15) is 4.79 Å². The minimum absolute atomic E-state index is 0.150. The summed E-state index contributed by atoms with van der Waals surface area (Å²) in [5.41, 5.74) is 1.98. The molecule has 1 N–H and O–H groups in total. The van der Waals surface area contributed by atoms with Crippen molar-refractivity contribution >= 4 is 23.5 Å². The Balaban J connectivity index is 1.59. The van der Waals surface area contributed by atoms with Crippen molar-refractivity contribution < 1.29 is 9.21 Å². The first-order valence-corrected chi connectivity index (χ1v) is 8.88. The summed E-state index contributed by atoms with van der Waals surface area (Å²) in [5.74, 6) is 1.15. The lowest BCUT2D eigenvalue weighted by atomic mass is 10.1. The van der Waals surface area contributed by atoms with E-state index in [2.05, 4.69) is 20.6 Å². The van der Waals surface area contributed by atoms with Crippen molar-refractivity contribution in [1.29, 1.82) is 0 Å². The van der Waals surface area contributed by atoms with E-state index in [1.165, 1.54) is 11.8 Å². The highest BCUT2D eigenvalue weighted by atomic mass is 32.2. The summed E-state index contributed by atoms with van der Waals surface area (Å²) >= 11 is 1.20. The zero-order valence-corrected chi connectivity index (χ0v) is 15.1. The largest absolute Gasteiger partial charge is 0.411 e. The van der Waals surface area contributed by atoms with Gasteiger partial charge in [0.25, 0.3) is 5.22 Å². The zero-order chi connectivity index (χ0) is 17.8. The van der Waals surface area contributed by atoms with Crippen molar-refractivity contribution in [2.24, 2.45) is 0 Å². The Morgan fingerprint density at radius 3 is 2.92 bits per heavy atom. The minimum atomic E-state index is -0.150. The Bertz CT molecular complexity index is 871. The van der Waals surface area contributed by atoms with Crippen LogP contribution in [0.2, 0.25) is 0 Å². The fraction of sp³-hybridized carbons (Fsp3) is 0.294. The van der Waals surface area contributed by atoms with Crippen molar-refractivity contribution in [3.8, 4) is 11.5 Å². The lowest BCUT2D eigenvalue weighted by Gasteiger charge is -2.11. The van der Waals surface area contributed by atoms with Crippen LogP contribution in [0.4, 0.5) is 5.82 Å². The molecule has 0 spiro atoms. The molecule has 0 aliphatic heterocycles. The second-order valence-electron chi connectivity index (χ2n) is 5.83. The summed E-state index contributed by atoms with van der Waals surface area (Å²) in [7, 11) is 0. The van der Waals surface area contributed by atoms with E-state index in [0.29, 0.717) is 16.9 Å². The molecule has 130 valence electrons. The molecule has 1 aromatic carbocycles. The van der Waals surface area contributed by atoms with Crippen molar-refractivity contribution in [1.82, 2.24) is 20.0 Å². The van der Waals surface area contributed by atoms with Crippen LogP contribution in [0.1, 0.15) is 25.5 Å². The molecular weight excluding hydrogens is 338 g/mol. The molecule has 0 unspecified atom stereocenters. The number of nitrogens with one attached hydrogen (secondary N) is 1. The number of carbonyl (C=O) groups is 1. The van der Waals surface area contributed by atoms with Crippen LogP contribution < -0.4 is 5.32 Å². The minimum Gasteiger partial charge on any atom is -0.411 e. The summed E-state index contributed by atoms with van der Waals surface area (Å²) in [6.07, 6.45) is 1.66. The first-order valence-electron chi connectivity index (χ1n) is 7.89. The monoisotopic (exact) mass is 357 g/mol. The summed E-state index contributed by atoms with van der Waals surface area (Å²) in [5, 5.41) is 15.4. The number of carbonyl (C=O) groups excluding carboxylic acids is 1. The summed E-state index contributed by atoms with van der Waals surface area (Å²) in [4.78, 5) is 12.1. The average molecular weight is 357 g/mol. The van der Waals surface area contributed by atoms with Crippen LogP contribution in [0.5, 0.6) is 0 Å². The van der Waals surface area contributed by atoms with Crippen molar-refractivity contribution in [2.45, 2.75) is 32.0 Å². The van der Waals surface area contributed by atoms with Gasteiger partial charge in [-0.05, 0) is 32.9 Å². The number of hydrogen-bond acceptors (Lipinski definition) is 6. The summed E-state index contributed by atoms with van der Waals surface area (Å²) in [6, 6.07) is 9.77. The Hall–Kier alpha value is -2.61. The molecule has 0 fully saturated rings. The Morgan fingerprint density at radius 1 is 1.32 bits per heavy atom. The molecular formula is C17H19N5O2S. The first-order chi connectivity index (χ1) is 12.0. The van der Waals surface area contributed by atoms with Crippen LogP contribution in [-0.2, 0) is 4.79 Å². The number of rotatable bonds is 6. The third-order valence-corrected chi connectivity index (χ3v) is 4.24. The van der Waals surface area contributed by atoms with E-state index in [-0.39, 0.29) is 17.7 Å². The van der Waals surface area contributed by atoms with E-state index in [0.717, 1.165) is 11.1 Å².